The predicted octanol–water partition coefficient (Wildman–Crippen LogP) is 1.39. The van der Waals surface area contributed by atoms with Gasteiger partial charge >= 0.3 is 0 Å². The van der Waals surface area contributed by atoms with E-state index in [0.29, 0.717) is 13.1 Å². The fraction of sp³-hybridized carbons (Fsp3) is 0.429. The third-order valence-electron chi connectivity index (χ3n) is 2.92. The van der Waals surface area contributed by atoms with E-state index in [4.69, 9.17) is 5.26 Å². The van der Waals surface area contributed by atoms with Crippen LogP contribution >= 0.6 is 0 Å². The van der Waals surface area contributed by atoms with Crippen LogP contribution in [0.3, 0.4) is 0 Å². The van der Waals surface area contributed by atoms with Gasteiger partial charge < -0.3 is 10.2 Å². The van der Waals surface area contributed by atoms with E-state index < -0.39 is 0 Å². The molecule has 4 nitrogen and oxygen atoms in total. The summed E-state index contributed by atoms with van der Waals surface area (Å²) in [6.07, 6.45) is 6.97. The van der Waals surface area contributed by atoms with Gasteiger partial charge in [-0.1, -0.05) is 31.4 Å². The van der Waals surface area contributed by atoms with Gasteiger partial charge in [0.15, 0.2) is 0 Å². The first kappa shape index (κ1) is 14.2. The van der Waals surface area contributed by atoms with Gasteiger partial charge in [-0.2, -0.15) is 5.26 Å². The molecule has 1 aliphatic rings. The molecule has 18 heavy (non-hydrogen) atoms. The van der Waals surface area contributed by atoms with Crippen molar-refractivity contribution in [1.29, 1.82) is 5.26 Å². The molecule has 1 atom stereocenters. The molecular weight excluding hydrogens is 226 g/mol. The van der Waals surface area contributed by atoms with Crippen molar-refractivity contribution < 1.29 is 4.79 Å². The minimum Gasteiger partial charge on any atom is -0.326 e. The number of rotatable bonds is 6. The molecule has 1 saturated heterocycles. The van der Waals surface area contributed by atoms with Crippen molar-refractivity contribution in [2.45, 2.75) is 18.9 Å². The van der Waals surface area contributed by atoms with Gasteiger partial charge in [-0.3, -0.25) is 4.79 Å². The molecule has 0 saturated carbocycles. The monoisotopic (exact) mass is 245 g/mol. The van der Waals surface area contributed by atoms with Crippen molar-refractivity contribution in [1.82, 2.24) is 10.2 Å². The summed E-state index contributed by atoms with van der Waals surface area (Å²) < 4.78 is 0. The van der Waals surface area contributed by atoms with Gasteiger partial charge in [0, 0.05) is 13.1 Å². The van der Waals surface area contributed by atoms with Gasteiger partial charge in [0.05, 0.1) is 12.6 Å². The molecule has 0 radical (unpaired) electrons. The third-order valence-corrected chi connectivity index (χ3v) is 2.92. The number of hydrogen-bond acceptors (Lipinski definition) is 3. The van der Waals surface area contributed by atoms with E-state index in [0.717, 1.165) is 18.4 Å². The fourth-order valence-electron chi connectivity index (χ4n) is 1.97. The molecule has 1 heterocycles. The van der Waals surface area contributed by atoms with Crippen LogP contribution in [0.2, 0.25) is 0 Å². The molecule has 1 unspecified atom stereocenters. The molecule has 1 amide bonds. The lowest BCUT2D eigenvalue weighted by Gasteiger charge is -2.19. The molecule has 0 aromatic carbocycles. The van der Waals surface area contributed by atoms with Gasteiger partial charge in [0.2, 0.25) is 5.91 Å². The molecule has 0 spiro atoms. The zero-order chi connectivity index (χ0) is 13.4. The second kappa shape index (κ2) is 7.46. The number of likely N-dealkylation sites (tertiary alicyclic amines) is 1. The molecule has 1 rings (SSSR count). The lowest BCUT2D eigenvalue weighted by atomic mass is 10.2. The first-order chi connectivity index (χ1) is 8.72. The number of carbonyl (C=O) groups is 1. The molecule has 1 N–H and O–H groups in total. The van der Waals surface area contributed by atoms with Crippen molar-refractivity contribution in [2.24, 2.45) is 0 Å². The summed E-state index contributed by atoms with van der Waals surface area (Å²) in [6, 6.07) is 1.91. The number of nitrogens with one attached hydrogen (secondary N) is 1. The first-order valence-corrected chi connectivity index (χ1v) is 6.06. The highest BCUT2D eigenvalue weighted by molar-refractivity contribution is 5.79. The van der Waals surface area contributed by atoms with Crippen LogP contribution < -0.4 is 5.32 Å². The smallest absolute Gasteiger partial charge is 0.237 e. The topological polar surface area (TPSA) is 56.1 Å². The zero-order valence-corrected chi connectivity index (χ0v) is 10.6. The molecule has 1 aliphatic heterocycles. The Morgan fingerprint density at radius 3 is 2.89 bits per heavy atom. The largest absolute Gasteiger partial charge is 0.326 e. The average Bonchev–Trinajstić information content (AvgIpc) is 2.85. The van der Waals surface area contributed by atoms with Crippen LogP contribution in [-0.4, -0.2) is 36.5 Å². The summed E-state index contributed by atoms with van der Waals surface area (Å²) >= 11 is 0. The number of allylic oxidation sites excluding steroid dienone is 2. The van der Waals surface area contributed by atoms with E-state index in [9.17, 15) is 4.79 Å². The summed E-state index contributed by atoms with van der Waals surface area (Å²) in [6.45, 7) is 8.81. The van der Waals surface area contributed by atoms with E-state index in [-0.39, 0.29) is 18.5 Å². The zero-order valence-electron chi connectivity index (χ0n) is 10.6. The number of nitrogens with zero attached hydrogens (tertiary/aromatic N) is 2. The van der Waals surface area contributed by atoms with Crippen molar-refractivity contribution in [2.75, 3.05) is 19.6 Å². The second-order valence-electron chi connectivity index (χ2n) is 4.16. The number of carbonyl (C=O) groups excluding carboxylic acids is 1. The maximum atomic E-state index is 11.9. The van der Waals surface area contributed by atoms with E-state index >= 15 is 0 Å². The Kier molecular flexibility index (Phi) is 5.89. The normalized spacial score (nSPS) is 19.4. The average molecular weight is 245 g/mol. The first-order valence-electron chi connectivity index (χ1n) is 6.06. The highest BCUT2D eigenvalue weighted by Crippen LogP contribution is 2.15. The van der Waals surface area contributed by atoms with E-state index in [2.05, 4.69) is 24.5 Å². The summed E-state index contributed by atoms with van der Waals surface area (Å²) in [4.78, 5) is 13.5. The van der Waals surface area contributed by atoms with Gasteiger partial charge in [-0.25, -0.2) is 0 Å². The van der Waals surface area contributed by atoms with Crippen molar-refractivity contribution in [3.05, 3.63) is 37.0 Å². The van der Waals surface area contributed by atoms with Crippen LogP contribution in [0.5, 0.6) is 0 Å². The molecule has 0 bridgehead atoms. The molecule has 1 fully saturated rings. The summed E-state index contributed by atoms with van der Waals surface area (Å²) in [5.41, 5.74) is 0.982. The van der Waals surface area contributed by atoms with E-state index in [1.54, 1.807) is 17.1 Å². The van der Waals surface area contributed by atoms with Crippen LogP contribution in [0.1, 0.15) is 12.8 Å². The minimum atomic E-state index is -0.248. The highest BCUT2D eigenvalue weighted by Gasteiger charge is 2.27. The Balaban J connectivity index is 2.38. The maximum absolute atomic E-state index is 11.9. The Bertz CT molecular complexity index is 392. The van der Waals surface area contributed by atoms with Crippen LogP contribution in [0, 0.1) is 11.3 Å². The van der Waals surface area contributed by atoms with Crippen LogP contribution in [0.25, 0.3) is 0 Å². The number of amides is 1. The van der Waals surface area contributed by atoms with E-state index in [1.165, 1.54) is 0 Å². The molecule has 0 aliphatic carbocycles. The molecular formula is C14H19N3O. The molecule has 0 aromatic rings. The third kappa shape index (κ3) is 3.86. The number of hydrogen-bond donors (Lipinski definition) is 1. The Labute approximate surface area is 108 Å². The standard InChI is InChI=1S/C14H19N3O/c1-3-6-12(4-2)10-16-11-14(18)17-8-5-7-13(17)9-15/h3-4,6,13,16H,1-2,5,7-8,10-11H2/b12-6+. The Hall–Kier alpha value is -1.86. The molecule has 0 aromatic heterocycles. The lowest BCUT2D eigenvalue weighted by molar-refractivity contribution is -0.130. The van der Waals surface area contributed by atoms with Crippen molar-refractivity contribution >= 4 is 5.91 Å². The molecule has 4 heteroatoms. The maximum Gasteiger partial charge on any atom is 0.237 e. The Morgan fingerprint density at radius 1 is 1.50 bits per heavy atom. The highest BCUT2D eigenvalue weighted by atomic mass is 16.2. The lowest BCUT2D eigenvalue weighted by Crippen LogP contribution is -2.40. The quantitative estimate of drug-likeness (QED) is 0.719. The van der Waals surface area contributed by atoms with Gasteiger partial charge in [0.1, 0.15) is 6.04 Å². The van der Waals surface area contributed by atoms with Gasteiger partial charge in [-0.05, 0) is 18.4 Å². The minimum absolute atomic E-state index is 0.0129. The van der Waals surface area contributed by atoms with Gasteiger partial charge in [-0.15, -0.1) is 0 Å². The second-order valence-corrected chi connectivity index (χ2v) is 4.16. The van der Waals surface area contributed by atoms with Gasteiger partial charge in [0.25, 0.3) is 0 Å². The number of nitriles is 1. The van der Waals surface area contributed by atoms with Crippen molar-refractivity contribution in [3.63, 3.8) is 0 Å². The Morgan fingerprint density at radius 2 is 2.28 bits per heavy atom. The van der Waals surface area contributed by atoms with Crippen molar-refractivity contribution in [3.8, 4) is 6.07 Å². The SMILES string of the molecule is C=C/C=C(\C=C)CNCC(=O)N1CCCC1C#N. The summed E-state index contributed by atoms with van der Waals surface area (Å²) in [7, 11) is 0. The summed E-state index contributed by atoms with van der Waals surface area (Å²) in [5, 5.41) is 12.0. The van der Waals surface area contributed by atoms with Crippen LogP contribution in [0.4, 0.5) is 0 Å². The molecule has 96 valence electrons. The summed E-state index contributed by atoms with van der Waals surface area (Å²) in [5.74, 6) is -0.0129. The van der Waals surface area contributed by atoms with Crippen LogP contribution in [0.15, 0.2) is 37.0 Å². The van der Waals surface area contributed by atoms with E-state index in [1.807, 2.05) is 6.08 Å². The fourth-order valence-corrected chi connectivity index (χ4v) is 1.97. The predicted molar refractivity (Wildman–Crippen MR) is 71.7 cm³/mol. The van der Waals surface area contributed by atoms with Crippen LogP contribution in [-0.2, 0) is 4.79 Å².